The molecule has 2 fully saturated rings. The summed E-state index contributed by atoms with van der Waals surface area (Å²) in [7, 11) is 0. The number of urea groups is 1. The molecule has 0 spiro atoms. The highest BCUT2D eigenvalue weighted by Crippen LogP contribution is 2.38. The van der Waals surface area contributed by atoms with Gasteiger partial charge in [-0.05, 0) is 48.9 Å². The molecule has 2 N–H and O–H groups in total. The number of rotatable bonds is 5. The molecule has 2 amide bonds. The number of carbonyl (C=O) groups is 1. The minimum atomic E-state index is -0.121. The number of nitrogens with zero attached hydrogens (tertiary/aromatic N) is 1. The van der Waals surface area contributed by atoms with Crippen LogP contribution in [0.4, 0.5) is 4.79 Å². The Morgan fingerprint density at radius 3 is 2.88 bits per heavy atom. The zero-order valence-corrected chi connectivity index (χ0v) is 14.2. The number of pyridine rings is 1. The Bertz CT molecular complexity index is 731. The van der Waals surface area contributed by atoms with E-state index in [0.29, 0.717) is 12.5 Å². The average molecular weight is 337 g/mol. The van der Waals surface area contributed by atoms with E-state index in [1.165, 1.54) is 12.8 Å². The zero-order chi connectivity index (χ0) is 17.1. The minimum Gasteiger partial charge on any atom is -0.376 e. The van der Waals surface area contributed by atoms with Crippen LogP contribution in [0.3, 0.4) is 0 Å². The van der Waals surface area contributed by atoms with Gasteiger partial charge >= 0.3 is 6.03 Å². The van der Waals surface area contributed by atoms with Crippen LogP contribution in [0, 0.1) is 5.92 Å². The number of benzene rings is 1. The van der Waals surface area contributed by atoms with Crippen LogP contribution in [-0.4, -0.2) is 29.8 Å². The van der Waals surface area contributed by atoms with Crippen LogP contribution in [0.5, 0.6) is 0 Å². The molecular weight excluding hydrogens is 314 g/mol. The molecule has 5 heteroatoms. The van der Waals surface area contributed by atoms with E-state index < -0.39 is 0 Å². The van der Waals surface area contributed by atoms with Crippen molar-refractivity contribution in [2.24, 2.45) is 5.92 Å². The maximum Gasteiger partial charge on any atom is 0.315 e. The predicted octanol–water partition coefficient (Wildman–Crippen LogP) is 3.12. The molecule has 0 radical (unpaired) electrons. The molecule has 2 unspecified atom stereocenters. The van der Waals surface area contributed by atoms with Crippen molar-refractivity contribution in [1.29, 1.82) is 0 Å². The number of nitrogens with one attached hydrogen (secondary N) is 2. The highest BCUT2D eigenvalue weighted by Gasteiger charge is 2.41. The molecule has 25 heavy (non-hydrogen) atoms. The second-order valence-corrected chi connectivity index (χ2v) is 6.81. The molecule has 2 atom stereocenters. The first-order valence-corrected chi connectivity index (χ1v) is 8.96. The summed E-state index contributed by atoms with van der Waals surface area (Å²) < 4.78 is 5.77. The van der Waals surface area contributed by atoms with Gasteiger partial charge in [0, 0.05) is 24.9 Å². The van der Waals surface area contributed by atoms with Crippen molar-refractivity contribution in [3.8, 4) is 11.3 Å². The standard InChI is InChI=1S/C20H23N3O2/c24-20(23-18-9-11-25-19(18)15-7-8-15)22-13-14-4-3-5-16(12-14)17-6-1-2-10-21-17/h1-6,10,12,15,18-19H,7-9,11,13H2,(H2,22,23,24). The molecule has 0 bridgehead atoms. The van der Waals surface area contributed by atoms with Crippen molar-refractivity contribution in [3.05, 3.63) is 54.2 Å². The molecule has 2 aromatic rings. The summed E-state index contributed by atoms with van der Waals surface area (Å²) in [5, 5.41) is 6.04. The molecule has 5 nitrogen and oxygen atoms in total. The SMILES string of the molecule is O=C(NCc1cccc(-c2ccccn2)c1)NC1CCOC1C1CC1. The molecule has 1 aromatic carbocycles. The fraction of sp³-hybridized carbons (Fsp3) is 0.400. The van der Waals surface area contributed by atoms with Crippen LogP contribution in [0.25, 0.3) is 11.3 Å². The normalized spacial score (nSPS) is 22.6. The summed E-state index contributed by atoms with van der Waals surface area (Å²) >= 11 is 0. The maximum atomic E-state index is 12.2. The second-order valence-electron chi connectivity index (χ2n) is 6.81. The van der Waals surface area contributed by atoms with Crippen LogP contribution in [0.1, 0.15) is 24.8 Å². The van der Waals surface area contributed by atoms with E-state index in [1.54, 1.807) is 6.20 Å². The number of hydrogen-bond donors (Lipinski definition) is 2. The largest absolute Gasteiger partial charge is 0.376 e. The first kappa shape index (κ1) is 16.1. The zero-order valence-electron chi connectivity index (χ0n) is 14.2. The van der Waals surface area contributed by atoms with E-state index in [1.807, 2.05) is 36.4 Å². The van der Waals surface area contributed by atoms with Crippen molar-refractivity contribution in [1.82, 2.24) is 15.6 Å². The van der Waals surface area contributed by atoms with Crippen LogP contribution in [-0.2, 0) is 11.3 Å². The van der Waals surface area contributed by atoms with Gasteiger partial charge in [-0.2, -0.15) is 0 Å². The fourth-order valence-corrected chi connectivity index (χ4v) is 3.43. The third kappa shape index (κ3) is 3.99. The Labute approximate surface area is 147 Å². The van der Waals surface area contributed by atoms with Gasteiger partial charge in [0.15, 0.2) is 0 Å². The van der Waals surface area contributed by atoms with E-state index in [-0.39, 0.29) is 18.2 Å². The third-order valence-corrected chi connectivity index (χ3v) is 4.88. The number of ether oxygens (including phenoxy) is 1. The van der Waals surface area contributed by atoms with Crippen LogP contribution < -0.4 is 10.6 Å². The first-order chi connectivity index (χ1) is 12.3. The summed E-state index contributed by atoms with van der Waals surface area (Å²) in [6, 6.07) is 14.0. The van der Waals surface area contributed by atoms with Crippen LogP contribution >= 0.6 is 0 Å². The van der Waals surface area contributed by atoms with Gasteiger partial charge in [0.1, 0.15) is 0 Å². The van der Waals surface area contributed by atoms with Gasteiger partial charge in [0.25, 0.3) is 0 Å². The first-order valence-electron chi connectivity index (χ1n) is 8.96. The van der Waals surface area contributed by atoms with Gasteiger partial charge in [-0.25, -0.2) is 4.79 Å². The predicted molar refractivity (Wildman–Crippen MR) is 95.9 cm³/mol. The van der Waals surface area contributed by atoms with Crippen LogP contribution in [0.15, 0.2) is 48.7 Å². The lowest BCUT2D eigenvalue weighted by Crippen LogP contribution is -2.46. The molecule has 2 heterocycles. The molecule has 1 aliphatic heterocycles. The molecule has 130 valence electrons. The third-order valence-electron chi connectivity index (χ3n) is 4.88. The summed E-state index contributed by atoms with van der Waals surface area (Å²) in [5.41, 5.74) is 3.04. The topological polar surface area (TPSA) is 63.2 Å². The highest BCUT2D eigenvalue weighted by molar-refractivity contribution is 5.74. The number of amides is 2. The molecule has 1 aromatic heterocycles. The molecule has 2 aliphatic rings. The Kier molecular flexibility index (Phi) is 4.65. The van der Waals surface area contributed by atoms with Gasteiger partial charge in [0.2, 0.25) is 0 Å². The number of hydrogen-bond acceptors (Lipinski definition) is 3. The van der Waals surface area contributed by atoms with E-state index in [4.69, 9.17) is 4.74 Å². The van der Waals surface area contributed by atoms with Gasteiger partial charge in [-0.1, -0.05) is 24.3 Å². The minimum absolute atomic E-state index is 0.121. The summed E-state index contributed by atoms with van der Waals surface area (Å²) in [6.07, 6.45) is 5.35. The van der Waals surface area contributed by atoms with Crippen molar-refractivity contribution in [2.75, 3.05) is 6.61 Å². The van der Waals surface area contributed by atoms with Gasteiger partial charge in [-0.15, -0.1) is 0 Å². The number of carbonyl (C=O) groups excluding carboxylic acids is 1. The van der Waals surface area contributed by atoms with E-state index in [9.17, 15) is 4.79 Å². The molecule has 4 rings (SSSR count). The lowest BCUT2D eigenvalue weighted by molar-refractivity contribution is 0.0825. The Balaban J connectivity index is 1.33. The lowest BCUT2D eigenvalue weighted by atomic mass is 10.1. The van der Waals surface area contributed by atoms with Gasteiger partial charge < -0.3 is 15.4 Å². The Morgan fingerprint density at radius 2 is 2.08 bits per heavy atom. The van der Waals surface area contributed by atoms with Crippen molar-refractivity contribution in [3.63, 3.8) is 0 Å². The van der Waals surface area contributed by atoms with Gasteiger partial charge in [0.05, 0.1) is 17.8 Å². The van der Waals surface area contributed by atoms with Crippen molar-refractivity contribution in [2.45, 2.75) is 38.0 Å². The van der Waals surface area contributed by atoms with E-state index in [2.05, 4.69) is 21.7 Å². The molecule has 1 saturated heterocycles. The van der Waals surface area contributed by atoms with Crippen molar-refractivity contribution < 1.29 is 9.53 Å². The second kappa shape index (κ2) is 7.23. The quantitative estimate of drug-likeness (QED) is 0.881. The average Bonchev–Trinajstić information content (AvgIpc) is 3.40. The lowest BCUT2D eigenvalue weighted by Gasteiger charge is -2.19. The highest BCUT2D eigenvalue weighted by atomic mass is 16.5. The summed E-state index contributed by atoms with van der Waals surface area (Å²) in [6.45, 7) is 1.24. The fourth-order valence-electron chi connectivity index (χ4n) is 3.43. The molecule has 1 aliphatic carbocycles. The van der Waals surface area contributed by atoms with E-state index >= 15 is 0 Å². The smallest absolute Gasteiger partial charge is 0.315 e. The van der Waals surface area contributed by atoms with E-state index in [0.717, 1.165) is 29.8 Å². The summed E-state index contributed by atoms with van der Waals surface area (Å²) in [5.74, 6) is 0.642. The summed E-state index contributed by atoms with van der Waals surface area (Å²) in [4.78, 5) is 16.6. The van der Waals surface area contributed by atoms with Crippen molar-refractivity contribution >= 4 is 6.03 Å². The Hall–Kier alpha value is -2.40. The maximum absolute atomic E-state index is 12.2. The monoisotopic (exact) mass is 337 g/mol. The molecule has 1 saturated carbocycles. The van der Waals surface area contributed by atoms with Crippen LogP contribution in [0.2, 0.25) is 0 Å². The van der Waals surface area contributed by atoms with Gasteiger partial charge in [-0.3, -0.25) is 4.98 Å². The number of aromatic nitrogens is 1. The Morgan fingerprint density at radius 1 is 1.16 bits per heavy atom. The molecular formula is C20H23N3O2.